The highest BCUT2D eigenvalue weighted by Gasteiger charge is 2.47. The van der Waals surface area contributed by atoms with Crippen molar-refractivity contribution in [2.45, 2.75) is 57.4 Å². The maximum absolute atomic E-state index is 11.0. The minimum Gasteiger partial charge on any atom is -0.454 e. The van der Waals surface area contributed by atoms with Gasteiger partial charge in [0, 0.05) is 13.5 Å². The van der Waals surface area contributed by atoms with E-state index in [9.17, 15) is 15.0 Å². The smallest absolute Gasteiger partial charge is 0.303 e. The average molecular weight is 278 g/mol. The van der Waals surface area contributed by atoms with Crippen LogP contribution < -0.4 is 0 Å². The zero-order chi connectivity index (χ0) is 14.4. The van der Waals surface area contributed by atoms with Crippen LogP contribution in [0.1, 0.15) is 26.7 Å². The van der Waals surface area contributed by atoms with E-state index in [2.05, 4.69) is 0 Å². The minimum absolute atomic E-state index is 0.362. The SMILES string of the molecule is CCCCOC1C(O)C(CO)OC(O)C1OC(C)=O. The fourth-order valence-corrected chi connectivity index (χ4v) is 1.93. The van der Waals surface area contributed by atoms with Crippen molar-refractivity contribution in [3.63, 3.8) is 0 Å². The molecule has 7 nitrogen and oxygen atoms in total. The van der Waals surface area contributed by atoms with Crippen molar-refractivity contribution in [3.05, 3.63) is 0 Å². The van der Waals surface area contributed by atoms with E-state index in [0.717, 1.165) is 12.8 Å². The van der Waals surface area contributed by atoms with Gasteiger partial charge in [0.15, 0.2) is 12.4 Å². The zero-order valence-corrected chi connectivity index (χ0v) is 11.2. The Bertz CT molecular complexity index is 283. The highest BCUT2D eigenvalue weighted by molar-refractivity contribution is 5.66. The van der Waals surface area contributed by atoms with E-state index in [-0.39, 0.29) is 0 Å². The summed E-state index contributed by atoms with van der Waals surface area (Å²) in [6.07, 6.45) is -3.91. The zero-order valence-electron chi connectivity index (χ0n) is 11.2. The van der Waals surface area contributed by atoms with Gasteiger partial charge in [-0.15, -0.1) is 0 Å². The summed E-state index contributed by atoms with van der Waals surface area (Å²) in [6, 6.07) is 0. The molecule has 5 unspecified atom stereocenters. The molecule has 0 spiro atoms. The van der Waals surface area contributed by atoms with Crippen LogP contribution in [0, 0.1) is 0 Å². The Balaban J connectivity index is 2.74. The molecule has 112 valence electrons. The molecule has 0 aliphatic carbocycles. The van der Waals surface area contributed by atoms with Gasteiger partial charge < -0.3 is 29.5 Å². The first-order chi connectivity index (χ1) is 9.01. The average Bonchev–Trinajstić information content (AvgIpc) is 2.36. The lowest BCUT2D eigenvalue weighted by atomic mass is 9.99. The van der Waals surface area contributed by atoms with Crippen LogP contribution in [-0.4, -0.2) is 65.2 Å². The second kappa shape index (κ2) is 7.76. The lowest BCUT2D eigenvalue weighted by Crippen LogP contribution is -2.60. The Kier molecular flexibility index (Phi) is 6.67. The lowest BCUT2D eigenvalue weighted by molar-refractivity contribution is -0.297. The van der Waals surface area contributed by atoms with Gasteiger partial charge in [0.1, 0.15) is 18.3 Å². The van der Waals surface area contributed by atoms with E-state index in [1.165, 1.54) is 6.92 Å². The summed E-state index contributed by atoms with van der Waals surface area (Å²) in [5, 5.41) is 28.9. The van der Waals surface area contributed by atoms with Gasteiger partial charge in [-0.05, 0) is 6.42 Å². The Morgan fingerprint density at radius 1 is 1.32 bits per heavy atom. The van der Waals surface area contributed by atoms with Crippen molar-refractivity contribution in [2.24, 2.45) is 0 Å². The van der Waals surface area contributed by atoms with Gasteiger partial charge in [-0.1, -0.05) is 13.3 Å². The molecule has 0 bridgehead atoms. The Morgan fingerprint density at radius 3 is 2.53 bits per heavy atom. The van der Waals surface area contributed by atoms with Crippen molar-refractivity contribution in [3.8, 4) is 0 Å². The predicted molar refractivity (Wildman–Crippen MR) is 64.2 cm³/mol. The third kappa shape index (κ3) is 4.39. The Morgan fingerprint density at radius 2 is 2.00 bits per heavy atom. The largest absolute Gasteiger partial charge is 0.454 e. The highest BCUT2D eigenvalue weighted by atomic mass is 16.7. The number of esters is 1. The van der Waals surface area contributed by atoms with Crippen LogP contribution in [0.3, 0.4) is 0 Å². The van der Waals surface area contributed by atoms with Crippen LogP contribution in [0.25, 0.3) is 0 Å². The number of carbonyl (C=O) groups is 1. The number of unbranched alkanes of at least 4 members (excludes halogenated alkanes) is 1. The van der Waals surface area contributed by atoms with Gasteiger partial charge in [-0.25, -0.2) is 0 Å². The van der Waals surface area contributed by atoms with Crippen LogP contribution >= 0.6 is 0 Å². The van der Waals surface area contributed by atoms with Crippen LogP contribution in [0.15, 0.2) is 0 Å². The molecule has 0 aromatic carbocycles. The number of aliphatic hydroxyl groups is 3. The van der Waals surface area contributed by atoms with E-state index in [4.69, 9.17) is 19.3 Å². The second-order valence-electron chi connectivity index (χ2n) is 4.50. The van der Waals surface area contributed by atoms with E-state index in [1.807, 2.05) is 6.92 Å². The molecule has 0 aromatic heterocycles. The third-order valence-corrected chi connectivity index (χ3v) is 2.93. The first-order valence-electron chi connectivity index (χ1n) is 6.42. The van der Waals surface area contributed by atoms with E-state index < -0.39 is 43.3 Å². The van der Waals surface area contributed by atoms with Gasteiger partial charge in [-0.3, -0.25) is 4.79 Å². The number of ether oxygens (including phenoxy) is 3. The van der Waals surface area contributed by atoms with E-state index in [1.54, 1.807) is 0 Å². The molecular weight excluding hydrogens is 256 g/mol. The molecule has 5 atom stereocenters. The topological polar surface area (TPSA) is 105 Å². The summed E-state index contributed by atoms with van der Waals surface area (Å²) in [5.41, 5.74) is 0. The standard InChI is InChI=1S/C12H22O7/c1-3-4-5-17-10-9(15)8(6-13)19-12(16)11(10)18-7(2)14/h8-13,15-16H,3-6H2,1-2H3. The lowest BCUT2D eigenvalue weighted by Gasteiger charge is -2.41. The Hall–Kier alpha value is -0.730. The monoisotopic (exact) mass is 278 g/mol. The summed E-state index contributed by atoms with van der Waals surface area (Å²) in [7, 11) is 0. The number of aliphatic hydroxyl groups excluding tert-OH is 3. The minimum atomic E-state index is -1.43. The summed E-state index contributed by atoms with van der Waals surface area (Å²) < 4.78 is 15.4. The molecule has 1 aliphatic rings. The molecule has 1 heterocycles. The van der Waals surface area contributed by atoms with Crippen molar-refractivity contribution < 1.29 is 34.3 Å². The molecule has 1 rings (SSSR count). The first-order valence-corrected chi connectivity index (χ1v) is 6.42. The number of rotatable bonds is 6. The molecule has 1 fully saturated rings. The molecule has 0 saturated carbocycles. The van der Waals surface area contributed by atoms with Crippen LogP contribution in [0.4, 0.5) is 0 Å². The number of hydrogen-bond acceptors (Lipinski definition) is 7. The van der Waals surface area contributed by atoms with Gasteiger partial charge in [-0.2, -0.15) is 0 Å². The molecule has 0 radical (unpaired) electrons. The Labute approximate surface area is 112 Å². The van der Waals surface area contributed by atoms with Crippen LogP contribution in [0.5, 0.6) is 0 Å². The molecule has 1 saturated heterocycles. The molecule has 19 heavy (non-hydrogen) atoms. The van der Waals surface area contributed by atoms with Gasteiger partial charge in [0.05, 0.1) is 6.61 Å². The molecule has 0 aromatic rings. The van der Waals surface area contributed by atoms with Crippen molar-refractivity contribution in [2.75, 3.05) is 13.2 Å². The van der Waals surface area contributed by atoms with Crippen LogP contribution in [0.2, 0.25) is 0 Å². The number of hydrogen-bond donors (Lipinski definition) is 3. The summed E-state index contributed by atoms with van der Waals surface area (Å²) in [6.45, 7) is 3.08. The molecular formula is C12H22O7. The number of carbonyl (C=O) groups excluding carboxylic acids is 1. The van der Waals surface area contributed by atoms with E-state index >= 15 is 0 Å². The third-order valence-electron chi connectivity index (χ3n) is 2.93. The second-order valence-corrected chi connectivity index (χ2v) is 4.50. The van der Waals surface area contributed by atoms with Crippen molar-refractivity contribution in [1.82, 2.24) is 0 Å². The van der Waals surface area contributed by atoms with Crippen molar-refractivity contribution >= 4 is 5.97 Å². The summed E-state index contributed by atoms with van der Waals surface area (Å²) in [4.78, 5) is 11.0. The summed E-state index contributed by atoms with van der Waals surface area (Å²) in [5.74, 6) is -0.605. The normalized spacial score (nSPS) is 35.1. The van der Waals surface area contributed by atoms with Gasteiger partial charge in [0.25, 0.3) is 0 Å². The fraction of sp³-hybridized carbons (Fsp3) is 0.917. The summed E-state index contributed by atoms with van der Waals surface area (Å²) >= 11 is 0. The van der Waals surface area contributed by atoms with E-state index in [0.29, 0.717) is 6.61 Å². The van der Waals surface area contributed by atoms with Gasteiger partial charge >= 0.3 is 5.97 Å². The highest BCUT2D eigenvalue weighted by Crippen LogP contribution is 2.25. The maximum Gasteiger partial charge on any atom is 0.303 e. The maximum atomic E-state index is 11.0. The molecule has 1 aliphatic heterocycles. The molecule has 7 heteroatoms. The fourth-order valence-electron chi connectivity index (χ4n) is 1.93. The van der Waals surface area contributed by atoms with Crippen molar-refractivity contribution in [1.29, 1.82) is 0 Å². The van der Waals surface area contributed by atoms with Gasteiger partial charge in [0.2, 0.25) is 0 Å². The van der Waals surface area contributed by atoms with Crippen LogP contribution in [-0.2, 0) is 19.0 Å². The molecule has 0 amide bonds. The predicted octanol–water partition coefficient (Wildman–Crippen LogP) is -0.826. The quantitative estimate of drug-likeness (QED) is 0.430. The first kappa shape index (κ1) is 16.3. The molecule has 3 N–H and O–H groups in total.